The van der Waals surface area contributed by atoms with Gasteiger partial charge in [0.25, 0.3) is 5.91 Å². The highest BCUT2D eigenvalue weighted by Crippen LogP contribution is 2.35. The SMILES string of the molecule is COc1ccc(OCC(=O)N[C@@H]2CC(=O)N(c3ccc4c(c3)OCCO4)C2)cc1. The Bertz CT molecular complexity index is 899. The Kier molecular flexibility index (Phi) is 5.41. The lowest BCUT2D eigenvalue weighted by Crippen LogP contribution is -2.39. The summed E-state index contributed by atoms with van der Waals surface area (Å²) in [6.45, 7) is 1.27. The van der Waals surface area contributed by atoms with Crippen molar-refractivity contribution in [2.75, 3.05) is 38.4 Å². The number of carbonyl (C=O) groups is 2. The molecule has 0 spiro atoms. The van der Waals surface area contributed by atoms with Gasteiger partial charge in [0, 0.05) is 24.7 Å². The molecule has 1 N–H and O–H groups in total. The third kappa shape index (κ3) is 4.37. The topological polar surface area (TPSA) is 86.3 Å². The van der Waals surface area contributed by atoms with Crippen LogP contribution in [0.2, 0.25) is 0 Å². The van der Waals surface area contributed by atoms with Crippen molar-refractivity contribution < 1.29 is 28.5 Å². The average molecular weight is 398 g/mol. The third-order valence-electron chi connectivity index (χ3n) is 4.76. The normalized spacial score (nSPS) is 17.8. The summed E-state index contributed by atoms with van der Waals surface area (Å²) in [6, 6.07) is 12.1. The van der Waals surface area contributed by atoms with E-state index in [4.69, 9.17) is 18.9 Å². The molecule has 29 heavy (non-hydrogen) atoms. The largest absolute Gasteiger partial charge is 0.497 e. The number of anilines is 1. The van der Waals surface area contributed by atoms with Gasteiger partial charge in [-0.2, -0.15) is 0 Å². The van der Waals surface area contributed by atoms with Crippen molar-refractivity contribution in [3.05, 3.63) is 42.5 Å². The number of carbonyl (C=O) groups excluding carboxylic acids is 2. The van der Waals surface area contributed by atoms with Crippen LogP contribution in [0.5, 0.6) is 23.0 Å². The molecule has 2 aromatic carbocycles. The molecule has 2 aromatic rings. The molecule has 0 aromatic heterocycles. The molecule has 4 rings (SSSR count). The first-order valence-electron chi connectivity index (χ1n) is 9.38. The van der Waals surface area contributed by atoms with Crippen LogP contribution in [-0.2, 0) is 9.59 Å². The third-order valence-corrected chi connectivity index (χ3v) is 4.76. The lowest BCUT2D eigenvalue weighted by atomic mass is 10.2. The molecule has 152 valence electrons. The first-order valence-corrected chi connectivity index (χ1v) is 9.38. The molecule has 0 unspecified atom stereocenters. The fourth-order valence-corrected chi connectivity index (χ4v) is 3.34. The Balaban J connectivity index is 1.31. The summed E-state index contributed by atoms with van der Waals surface area (Å²) in [5, 5.41) is 2.86. The van der Waals surface area contributed by atoms with Gasteiger partial charge in [-0.1, -0.05) is 0 Å². The quantitative estimate of drug-likeness (QED) is 0.798. The highest BCUT2D eigenvalue weighted by atomic mass is 16.6. The van der Waals surface area contributed by atoms with Crippen LogP contribution in [0.4, 0.5) is 5.69 Å². The van der Waals surface area contributed by atoms with Crippen molar-refractivity contribution >= 4 is 17.5 Å². The number of benzene rings is 2. The molecule has 2 aliphatic heterocycles. The summed E-state index contributed by atoms with van der Waals surface area (Å²) < 4.78 is 21.7. The van der Waals surface area contributed by atoms with Crippen molar-refractivity contribution in [1.29, 1.82) is 0 Å². The number of rotatable bonds is 6. The predicted octanol–water partition coefficient (Wildman–Crippen LogP) is 1.77. The molecule has 0 bridgehead atoms. The van der Waals surface area contributed by atoms with Crippen LogP contribution in [0, 0.1) is 0 Å². The van der Waals surface area contributed by atoms with E-state index in [0.717, 1.165) is 5.69 Å². The van der Waals surface area contributed by atoms with Gasteiger partial charge in [0.1, 0.15) is 24.7 Å². The first kappa shape index (κ1) is 18.9. The average Bonchev–Trinajstić information content (AvgIpc) is 3.12. The van der Waals surface area contributed by atoms with Gasteiger partial charge in [0.15, 0.2) is 18.1 Å². The summed E-state index contributed by atoms with van der Waals surface area (Å²) in [6.07, 6.45) is 0.239. The summed E-state index contributed by atoms with van der Waals surface area (Å²) in [5.41, 5.74) is 0.727. The van der Waals surface area contributed by atoms with Gasteiger partial charge < -0.3 is 29.2 Å². The molecule has 1 saturated heterocycles. The van der Waals surface area contributed by atoms with Gasteiger partial charge in [-0.25, -0.2) is 0 Å². The van der Waals surface area contributed by atoms with Gasteiger partial charge in [-0.05, 0) is 36.4 Å². The van der Waals surface area contributed by atoms with Crippen LogP contribution in [0.1, 0.15) is 6.42 Å². The summed E-state index contributed by atoms with van der Waals surface area (Å²) >= 11 is 0. The second kappa shape index (κ2) is 8.30. The van der Waals surface area contributed by atoms with E-state index in [2.05, 4.69) is 5.32 Å². The molecule has 0 radical (unpaired) electrons. The van der Waals surface area contributed by atoms with E-state index in [-0.39, 0.29) is 30.9 Å². The Morgan fingerprint density at radius 2 is 1.83 bits per heavy atom. The van der Waals surface area contributed by atoms with E-state index in [1.807, 2.05) is 6.07 Å². The number of fused-ring (bicyclic) bond motifs is 1. The second-order valence-corrected chi connectivity index (χ2v) is 6.77. The van der Waals surface area contributed by atoms with Crippen LogP contribution >= 0.6 is 0 Å². The van der Waals surface area contributed by atoms with Crippen molar-refractivity contribution in [3.8, 4) is 23.0 Å². The maximum atomic E-state index is 12.4. The highest BCUT2D eigenvalue weighted by molar-refractivity contribution is 5.97. The first-order chi connectivity index (χ1) is 14.1. The summed E-state index contributed by atoms with van der Waals surface area (Å²) in [5.74, 6) is 2.26. The van der Waals surface area contributed by atoms with Crippen LogP contribution in [0.3, 0.4) is 0 Å². The van der Waals surface area contributed by atoms with Crippen molar-refractivity contribution in [3.63, 3.8) is 0 Å². The monoisotopic (exact) mass is 398 g/mol. The second-order valence-electron chi connectivity index (χ2n) is 6.77. The molecule has 2 heterocycles. The van der Waals surface area contributed by atoms with E-state index >= 15 is 0 Å². The molecule has 8 heteroatoms. The molecule has 1 atom stereocenters. The highest BCUT2D eigenvalue weighted by Gasteiger charge is 2.32. The van der Waals surface area contributed by atoms with Crippen LogP contribution in [-0.4, -0.2) is 51.3 Å². The zero-order valence-corrected chi connectivity index (χ0v) is 16.1. The zero-order chi connectivity index (χ0) is 20.2. The number of hydrogen-bond acceptors (Lipinski definition) is 6. The number of nitrogens with one attached hydrogen (secondary N) is 1. The smallest absolute Gasteiger partial charge is 0.258 e. The van der Waals surface area contributed by atoms with Crippen LogP contribution < -0.4 is 29.2 Å². The van der Waals surface area contributed by atoms with Gasteiger partial charge in [-0.3, -0.25) is 9.59 Å². The minimum atomic E-state index is -0.275. The standard InChI is InChI=1S/C21H22N2O6/c1-26-16-3-5-17(6-4-16)29-13-20(24)22-14-10-21(25)23(12-14)15-2-7-18-19(11-15)28-9-8-27-18/h2-7,11,14H,8-10,12-13H2,1H3,(H,22,24)/t14-/m1/s1. The van der Waals surface area contributed by atoms with Crippen LogP contribution in [0.25, 0.3) is 0 Å². The minimum absolute atomic E-state index is 0.0527. The predicted molar refractivity (Wildman–Crippen MR) is 105 cm³/mol. The Hall–Kier alpha value is -3.42. The Morgan fingerprint density at radius 3 is 2.59 bits per heavy atom. The minimum Gasteiger partial charge on any atom is -0.497 e. The molecule has 1 fully saturated rings. The van der Waals surface area contributed by atoms with Crippen molar-refractivity contribution in [1.82, 2.24) is 5.32 Å². The Morgan fingerprint density at radius 1 is 1.10 bits per heavy atom. The molecule has 2 aliphatic rings. The molecule has 2 amide bonds. The fourth-order valence-electron chi connectivity index (χ4n) is 3.34. The molecule has 0 saturated carbocycles. The number of hydrogen-bond donors (Lipinski definition) is 1. The van der Waals surface area contributed by atoms with E-state index in [9.17, 15) is 9.59 Å². The lowest BCUT2D eigenvalue weighted by Gasteiger charge is -2.22. The Labute approximate surface area is 168 Å². The van der Waals surface area contributed by atoms with E-state index in [1.54, 1.807) is 48.4 Å². The molecular weight excluding hydrogens is 376 g/mol. The molecule has 8 nitrogen and oxygen atoms in total. The van der Waals surface area contributed by atoms with E-state index in [0.29, 0.717) is 42.8 Å². The molecular formula is C21H22N2O6. The fraction of sp³-hybridized carbons (Fsp3) is 0.333. The van der Waals surface area contributed by atoms with Gasteiger partial charge in [-0.15, -0.1) is 0 Å². The number of nitrogens with zero attached hydrogens (tertiary/aromatic N) is 1. The van der Waals surface area contributed by atoms with E-state index in [1.165, 1.54) is 0 Å². The maximum Gasteiger partial charge on any atom is 0.258 e. The molecule has 0 aliphatic carbocycles. The number of methoxy groups -OCH3 is 1. The van der Waals surface area contributed by atoms with Gasteiger partial charge >= 0.3 is 0 Å². The number of ether oxygens (including phenoxy) is 4. The number of amides is 2. The van der Waals surface area contributed by atoms with Gasteiger partial charge in [0.05, 0.1) is 13.2 Å². The maximum absolute atomic E-state index is 12.4. The van der Waals surface area contributed by atoms with E-state index < -0.39 is 0 Å². The van der Waals surface area contributed by atoms with Crippen molar-refractivity contribution in [2.24, 2.45) is 0 Å². The summed E-state index contributed by atoms with van der Waals surface area (Å²) in [4.78, 5) is 26.3. The lowest BCUT2D eigenvalue weighted by molar-refractivity contribution is -0.123. The van der Waals surface area contributed by atoms with Gasteiger partial charge in [0.2, 0.25) is 5.91 Å². The van der Waals surface area contributed by atoms with Crippen molar-refractivity contribution in [2.45, 2.75) is 12.5 Å². The van der Waals surface area contributed by atoms with Crippen LogP contribution in [0.15, 0.2) is 42.5 Å². The zero-order valence-electron chi connectivity index (χ0n) is 16.1. The summed E-state index contributed by atoms with van der Waals surface area (Å²) in [7, 11) is 1.58.